The number of imidazole rings is 1. The van der Waals surface area contributed by atoms with Crippen molar-refractivity contribution in [2.24, 2.45) is 18.8 Å². The monoisotopic (exact) mass is 218 g/mol. The molecule has 82 valence electrons. The maximum Gasteiger partial charge on any atom is 0.309 e. The second-order valence-corrected chi connectivity index (χ2v) is 2.85. The lowest BCUT2D eigenvalue weighted by atomic mass is 9.89. The third kappa shape index (κ3) is 1.89. The van der Waals surface area contributed by atoms with E-state index in [4.69, 9.17) is 13.7 Å². The van der Waals surface area contributed by atoms with Crippen LogP contribution >= 0.6 is 0 Å². The largest absolute Gasteiger partial charge is 0.465 e. The number of rotatable bonds is 3. The highest BCUT2D eigenvalue weighted by Gasteiger charge is 2.35. The highest BCUT2D eigenvalue weighted by molar-refractivity contribution is 5.74. The Hall–Kier alpha value is -1.32. The first-order valence-electron chi connectivity index (χ1n) is 9.20. The molecule has 4 heteroatoms. The van der Waals surface area contributed by atoms with Crippen LogP contribution < -0.4 is 0 Å². The zero-order chi connectivity index (χ0) is 19.8. The van der Waals surface area contributed by atoms with Gasteiger partial charge < -0.3 is 9.30 Å². The molecule has 0 N–H and O–H groups in total. The number of esters is 1. The van der Waals surface area contributed by atoms with E-state index in [-0.39, 0.29) is 0 Å². The van der Waals surface area contributed by atoms with Gasteiger partial charge in [0.05, 0.1) is 22.9 Å². The van der Waals surface area contributed by atoms with Crippen molar-refractivity contribution in [3.8, 4) is 0 Å². The summed E-state index contributed by atoms with van der Waals surface area (Å²) in [5, 5.41) is 0. The average Bonchev–Trinajstić information content (AvgIpc) is 2.75. The minimum absolute atomic E-state index is 0.548. The molecule has 0 aromatic carbocycles. The minimum atomic E-state index is -3.43. The van der Waals surface area contributed by atoms with Crippen molar-refractivity contribution < 1.29 is 23.2 Å². The molecule has 0 amide bonds. The highest BCUT2D eigenvalue weighted by Crippen LogP contribution is 2.27. The molecule has 4 nitrogen and oxygen atoms in total. The molecule has 0 radical (unpaired) electrons. The summed E-state index contributed by atoms with van der Waals surface area (Å²) in [5.41, 5.74) is -0.726. The number of carbonyl (C=O) groups excluding carboxylic acids is 1. The summed E-state index contributed by atoms with van der Waals surface area (Å²) in [6.45, 7) is -2.62. The van der Waals surface area contributed by atoms with Crippen LogP contribution in [-0.2, 0) is 23.0 Å². The Morgan fingerprint density at radius 1 is 2.00 bits per heavy atom. The number of aromatic nitrogens is 2. The SMILES string of the molecule is [2H]c1nc([2H])n(C)c1C([2H])([2H])[C@@]1([2H])C([2H])([2H])OC(=O)[C@@]1([2H])C([2H])([2H])C. The number of ether oxygens (including phenoxy) is 1. The van der Waals surface area contributed by atoms with E-state index in [1.54, 1.807) is 0 Å². The zero-order valence-electron chi connectivity index (χ0n) is 18.2. The molecule has 1 aliphatic rings. The van der Waals surface area contributed by atoms with Gasteiger partial charge in [0.25, 0.3) is 0 Å². The van der Waals surface area contributed by atoms with Gasteiger partial charge in [-0.15, -0.1) is 0 Å². The van der Waals surface area contributed by atoms with E-state index in [0.717, 1.165) is 18.5 Å². The molecule has 0 unspecified atom stereocenters. The van der Waals surface area contributed by atoms with Crippen molar-refractivity contribution in [2.45, 2.75) is 19.7 Å². The van der Waals surface area contributed by atoms with E-state index >= 15 is 0 Å². The first-order valence-corrected chi connectivity index (χ1v) is 4.20. The van der Waals surface area contributed by atoms with Gasteiger partial charge in [-0.3, -0.25) is 4.79 Å². The van der Waals surface area contributed by atoms with Crippen molar-refractivity contribution in [3.05, 3.63) is 18.2 Å². The molecular formula is C11H16N2O2. The summed E-state index contributed by atoms with van der Waals surface area (Å²) >= 11 is 0. The van der Waals surface area contributed by atoms with E-state index in [2.05, 4.69) is 9.72 Å². The minimum Gasteiger partial charge on any atom is -0.465 e. The Kier molecular flexibility index (Phi) is 0.974. The van der Waals surface area contributed by atoms with Gasteiger partial charge in [-0.1, -0.05) is 6.92 Å². The fourth-order valence-electron chi connectivity index (χ4n) is 1.12. The lowest BCUT2D eigenvalue weighted by Crippen LogP contribution is -2.18. The van der Waals surface area contributed by atoms with Crippen molar-refractivity contribution in [1.29, 1.82) is 0 Å². The third-order valence-electron chi connectivity index (χ3n) is 1.89. The van der Waals surface area contributed by atoms with Crippen LogP contribution in [0.4, 0.5) is 0 Å². The molecule has 2 heterocycles. The molecule has 0 saturated carbocycles. The molecule has 1 saturated heterocycles. The molecule has 15 heavy (non-hydrogen) atoms. The number of hydrogen-bond donors (Lipinski definition) is 0. The van der Waals surface area contributed by atoms with E-state index < -0.39 is 55.2 Å². The topological polar surface area (TPSA) is 44.1 Å². The summed E-state index contributed by atoms with van der Waals surface area (Å²) in [6.07, 6.45) is -7.45. The first-order chi connectivity index (χ1) is 11.0. The Bertz CT molecular complexity index is 742. The third-order valence-corrected chi connectivity index (χ3v) is 1.89. The van der Waals surface area contributed by atoms with E-state index in [1.165, 1.54) is 0 Å². The van der Waals surface area contributed by atoms with Crippen LogP contribution in [-0.4, -0.2) is 22.1 Å². The molecule has 1 aromatic heterocycles. The van der Waals surface area contributed by atoms with Crippen LogP contribution in [0.15, 0.2) is 12.5 Å². The molecule has 1 aliphatic heterocycles. The molecule has 2 rings (SSSR count). The van der Waals surface area contributed by atoms with Gasteiger partial charge in [0.2, 0.25) is 0 Å². The second-order valence-electron chi connectivity index (χ2n) is 2.85. The maximum atomic E-state index is 12.1. The van der Waals surface area contributed by atoms with Crippen LogP contribution in [0.5, 0.6) is 0 Å². The Morgan fingerprint density at radius 3 is 3.40 bits per heavy atom. The Morgan fingerprint density at radius 2 is 2.80 bits per heavy atom. The lowest BCUT2D eigenvalue weighted by molar-refractivity contribution is -0.141. The Balaban J connectivity index is 2.89. The summed E-state index contributed by atoms with van der Waals surface area (Å²) in [5.74, 6) is -8.44. The van der Waals surface area contributed by atoms with Crippen molar-refractivity contribution >= 4 is 5.97 Å². The fraction of sp³-hybridized carbons (Fsp3) is 0.636. The zero-order valence-corrected chi connectivity index (χ0v) is 8.21. The van der Waals surface area contributed by atoms with Crippen LogP contribution in [0.1, 0.15) is 32.7 Å². The van der Waals surface area contributed by atoms with E-state index in [0.29, 0.717) is 0 Å². The number of hydrogen-bond acceptors (Lipinski definition) is 3. The maximum absolute atomic E-state index is 12.1. The molecule has 2 atom stereocenters. The molecule has 0 bridgehead atoms. The number of nitrogens with zero attached hydrogens (tertiary/aromatic N) is 2. The fourth-order valence-corrected chi connectivity index (χ4v) is 1.12. The van der Waals surface area contributed by atoms with Crippen LogP contribution in [0.3, 0.4) is 0 Å². The lowest BCUT2D eigenvalue weighted by Gasteiger charge is -2.12. The van der Waals surface area contributed by atoms with Crippen molar-refractivity contribution in [3.63, 3.8) is 0 Å². The molecule has 0 aliphatic carbocycles. The van der Waals surface area contributed by atoms with E-state index in [9.17, 15) is 4.79 Å². The molecule has 1 fully saturated rings. The summed E-state index contributed by atoms with van der Waals surface area (Å²) in [6, 6.07) is 0. The summed E-state index contributed by atoms with van der Waals surface area (Å²) in [7, 11) is 1.16. The van der Waals surface area contributed by atoms with Crippen LogP contribution in [0, 0.1) is 11.8 Å². The quantitative estimate of drug-likeness (QED) is 0.715. The predicted octanol–water partition coefficient (Wildman–Crippen LogP) is 1.16. The highest BCUT2D eigenvalue weighted by atomic mass is 16.5. The van der Waals surface area contributed by atoms with Gasteiger partial charge in [-0.05, 0) is 12.7 Å². The Labute approximate surface area is 103 Å². The van der Waals surface area contributed by atoms with Gasteiger partial charge in [-0.2, -0.15) is 0 Å². The van der Waals surface area contributed by atoms with E-state index in [1.807, 2.05) is 0 Å². The van der Waals surface area contributed by atoms with Crippen LogP contribution in [0.2, 0.25) is 0 Å². The normalized spacial score (nSPS) is 50.4. The molecule has 1 aromatic rings. The van der Waals surface area contributed by atoms with Gasteiger partial charge in [-0.25, -0.2) is 4.98 Å². The van der Waals surface area contributed by atoms with Gasteiger partial charge >= 0.3 is 5.97 Å². The number of carbonyl (C=O) groups is 1. The van der Waals surface area contributed by atoms with Crippen molar-refractivity contribution in [2.75, 3.05) is 6.56 Å². The van der Waals surface area contributed by atoms with Gasteiger partial charge in [0, 0.05) is 33.0 Å². The average molecular weight is 218 g/mol. The molecular weight excluding hydrogens is 192 g/mol. The predicted molar refractivity (Wildman–Crippen MR) is 55.1 cm³/mol. The summed E-state index contributed by atoms with van der Waals surface area (Å²) in [4.78, 5) is 15.6. The van der Waals surface area contributed by atoms with Crippen molar-refractivity contribution in [1.82, 2.24) is 9.55 Å². The van der Waals surface area contributed by atoms with Gasteiger partial charge in [0.1, 0.15) is 1.37 Å². The number of cyclic esters (lactones) is 1. The standard InChI is InChI=1S/C11H16N2O2/c1-3-10-8(6-15-11(10)14)4-9-5-12-7-13(9)2/h5,7-8,10H,3-4,6H2,1-2H3/t8-,10-/m0/s1/i3D2,4D2,5D,6D2,7D,8D,10D. The smallest absolute Gasteiger partial charge is 0.309 e. The second kappa shape index (κ2) is 4.04. The van der Waals surface area contributed by atoms with Gasteiger partial charge in [0.15, 0.2) is 0 Å². The van der Waals surface area contributed by atoms with Crippen LogP contribution in [0.25, 0.3) is 0 Å². The molecule has 0 spiro atoms. The summed E-state index contributed by atoms with van der Waals surface area (Å²) < 4.78 is 84.9. The first kappa shape index (κ1) is 3.61.